The summed E-state index contributed by atoms with van der Waals surface area (Å²) < 4.78 is 2.15. The summed E-state index contributed by atoms with van der Waals surface area (Å²) in [5.41, 5.74) is 7.48. The van der Waals surface area contributed by atoms with Gasteiger partial charge >= 0.3 is 0 Å². The van der Waals surface area contributed by atoms with E-state index in [1.807, 2.05) is 0 Å². The first-order valence-corrected chi connectivity index (χ1v) is 6.27. The highest BCUT2D eigenvalue weighted by Gasteiger charge is 2.26. The molecule has 1 aliphatic rings. The smallest absolute Gasteiger partial charge is 0.150 e. The van der Waals surface area contributed by atoms with Crippen LogP contribution in [0.2, 0.25) is 5.15 Å². The minimum atomic E-state index is 0.0566. The number of hydrogen-bond acceptors (Lipinski definition) is 2. The Bertz CT molecular complexity index is 390. The second-order valence-corrected chi connectivity index (χ2v) is 6.19. The lowest BCUT2D eigenvalue weighted by Gasteiger charge is -2.26. The molecule has 2 heterocycles. The van der Waals surface area contributed by atoms with Crippen molar-refractivity contribution in [2.75, 3.05) is 0 Å². The maximum atomic E-state index is 6.17. The van der Waals surface area contributed by atoms with E-state index in [1.54, 1.807) is 0 Å². The average Bonchev–Trinajstić information content (AvgIpc) is 2.42. The van der Waals surface area contributed by atoms with Crippen molar-refractivity contribution in [1.82, 2.24) is 9.55 Å². The Morgan fingerprint density at radius 2 is 2.19 bits per heavy atom. The summed E-state index contributed by atoms with van der Waals surface area (Å²) in [6.07, 6.45) is 4.11. The molecule has 3 nitrogen and oxygen atoms in total. The second kappa shape index (κ2) is 4.04. The maximum absolute atomic E-state index is 6.17. The number of rotatable bonds is 1. The lowest BCUT2D eigenvalue weighted by Crippen LogP contribution is -2.27. The van der Waals surface area contributed by atoms with Crippen LogP contribution in [0.15, 0.2) is 0 Å². The molecule has 4 heteroatoms. The zero-order chi connectivity index (χ0) is 11.9. The van der Waals surface area contributed by atoms with E-state index in [0.717, 1.165) is 37.2 Å². The van der Waals surface area contributed by atoms with Crippen LogP contribution in [0.4, 0.5) is 0 Å². The van der Waals surface area contributed by atoms with Crippen molar-refractivity contribution in [1.29, 1.82) is 0 Å². The summed E-state index contributed by atoms with van der Waals surface area (Å²) in [5.74, 6) is 1.04. The van der Waals surface area contributed by atoms with E-state index >= 15 is 0 Å². The van der Waals surface area contributed by atoms with Crippen molar-refractivity contribution < 1.29 is 0 Å². The third-order valence-electron chi connectivity index (χ3n) is 2.97. The molecular weight excluding hydrogens is 222 g/mol. The number of hydrogen-bond donors (Lipinski definition) is 1. The van der Waals surface area contributed by atoms with E-state index in [9.17, 15) is 0 Å². The fourth-order valence-electron chi connectivity index (χ4n) is 2.31. The molecule has 0 aliphatic carbocycles. The van der Waals surface area contributed by atoms with Crippen LogP contribution in [0, 0.1) is 5.41 Å². The summed E-state index contributed by atoms with van der Waals surface area (Å²) >= 11 is 6.17. The van der Waals surface area contributed by atoms with E-state index in [2.05, 4.69) is 30.3 Å². The monoisotopic (exact) mass is 241 g/mol. The molecule has 1 aromatic heterocycles. The molecule has 0 bridgehead atoms. The van der Waals surface area contributed by atoms with Crippen LogP contribution in [0.3, 0.4) is 0 Å². The summed E-state index contributed by atoms with van der Waals surface area (Å²) in [5, 5.41) is 0.648. The molecule has 1 aromatic rings. The molecule has 2 N–H and O–H groups in total. The van der Waals surface area contributed by atoms with Gasteiger partial charge in [0.25, 0.3) is 0 Å². The molecule has 0 spiro atoms. The largest absolute Gasteiger partial charge is 0.315 e. The van der Waals surface area contributed by atoms with Gasteiger partial charge in [-0.2, -0.15) is 0 Å². The average molecular weight is 242 g/mol. The van der Waals surface area contributed by atoms with Crippen molar-refractivity contribution in [3.63, 3.8) is 0 Å². The second-order valence-electron chi connectivity index (χ2n) is 5.83. The maximum Gasteiger partial charge on any atom is 0.150 e. The standard InChI is InChI=1S/C12H20ClN3/c1-12(2,3)7-10-15-11(13)8-5-4-6-9(14)16(8)10/h9H,4-7,14H2,1-3H3. The molecule has 0 radical (unpaired) electrons. The Kier molecular flexibility index (Phi) is 3.01. The fraction of sp³-hybridized carbons (Fsp3) is 0.750. The quantitative estimate of drug-likeness (QED) is 0.822. The summed E-state index contributed by atoms with van der Waals surface area (Å²) in [4.78, 5) is 4.48. The van der Waals surface area contributed by atoms with E-state index in [-0.39, 0.29) is 11.6 Å². The highest BCUT2D eigenvalue weighted by atomic mass is 35.5. The number of nitrogens with zero attached hydrogens (tertiary/aromatic N) is 2. The van der Waals surface area contributed by atoms with Crippen molar-refractivity contribution in [2.45, 2.75) is 52.6 Å². The number of imidazole rings is 1. The van der Waals surface area contributed by atoms with Crippen molar-refractivity contribution >= 4 is 11.6 Å². The van der Waals surface area contributed by atoms with Crippen LogP contribution < -0.4 is 5.73 Å². The van der Waals surface area contributed by atoms with Gasteiger partial charge in [0.1, 0.15) is 5.82 Å². The van der Waals surface area contributed by atoms with Crippen molar-refractivity contribution in [3.05, 3.63) is 16.7 Å². The van der Waals surface area contributed by atoms with Gasteiger partial charge in [-0.15, -0.1) is 0 Å². The molecule has 16 heavy (non-hydrogen) atoms. The zero-order valence-electron chi connectivity index (χ0n) is 10.3. The molecule has 0 fully saturated rings. The normalized spacial score (nSPS) is 20.9. The summed E-state index contributed by atoms with van der Waals surface area (Å²) in [6, 6.07) is 0. The Morgan fingerprint density at radius 3 is 2.81 bits per heavy atom. The Hall–Kier alpha value is -0.540. The molecule has 0 aromatic carbocycles. The predicted octanol–water partition coefficient (Wildman–Crippen LogP) is 2.92. The molecule has 0 amide bonds. The van der Waals surface area contributed by atoms with Gasteiger partial charge in [0, 0.05) is 6.42 Å². The Labute approximate surface area is 102 Å². The number of fused-ring (bicyclic) bond motifs is 1. The van der Waals surface area contributed by atoms with Crippen LogP contribution >= 0.6 is 11.6 Å². The number of halogens is 1. The van der Waals surface area contributed by atoms with Gasteiger partial charge in [0.2, 0.25) is 0 Å². The molecule has 2 rings (SSSR count). The first-order chi connectivity index (χ1) is 7.38. The molecule has 1 unspecified atom stereocenters. The minimum Gasteiger partial charge on any atom is -0.315 e. The molecule has 0 saturated heterocycles. The van der Waals surface area contributed by atoms with E-state index < -0.39 is 0 Å². The van der Waals surface area contributed by atoms with E-state index in [0.29, 0.717) is 5.15 Å². The van der Waals surface area contributed by atoms with E-state index in [1.165, 1.54) is 0 Å². The molecule has 1 atom stereocenters. The Morgan fingerprint density at radius 1 is 1.50 bits per heavy atom. The SMILES string of the molecule is CC(C)(C)Cc1nc(Cl)c2n1C(N)CCC2. The third-order valence-corrected chi connectivity index (χ3v) is 3.27. The van der Waals surface area contributed by atoms with Crippen LogP contribution in [0.1, 0.15) is 51.3 Å². The molecular formula is C12H20ClN3. The predicted molar refractivity (Wildman–Crippen MR) is 66.6 cm³/mol. The van der Waals surface area contributed by atoms with Gasteiger partial charge in [-0.1, -0.05) is 32.4 Å². The highest BCUT2D eigenvalue weighted by Crippen LogP contribution is 2.31. The van der Waals surface area contributed by atoms with Gasteiger partial charge in [0.05, 0.1) is 11.9 Å². The minimum absolute atomic E-state index is 0.0566. The van der Waals surface area contributed by atoms with Crippen LogP contribution in [-0.2, 0) is 12.8 Å². The highest BCUT2D eigenvalue weighted by molar-refractivity contribution is 6.30. The summed E-state index contributed by atoms with van der Waals surface area (Å²) in [6.45, 7) is 6.62. The van der Waals surface area contributed by atoms with Crippen molar-refractivity contribution in [3.8, 4) is 0 Å². The van der Waals surface area contributed by atoms with Gasteiger partial charge in [-0.05, 0) is 24.7 Å². The van der Waals surface area contributed by atoms with E-state index in [4.69, 9.17) is 17.3 Å². The third kappa shape index (κ3) is 2.25. The molecule has 1 aliphatic heterocycles. The summed E-state index contributed by atoms with van der Waals surface area (Å²) in [7, 11) is 0. The van der Waals surface area contributed by atoms with Gasteiger partial charge < -0.3 is 10.3 Å². The Balaban J connectivity index is 2.39. The molecule has 90 valence electrons. The van der Waals surface area contributed by atoms with Gasteiger partial charge in [-0.25, -0.2) is 4.98 Å². The number of nitrogens with two attached hydrogens (primary N) is 1. The lowest BCUT2D eigenvalue weighted by molar-refractivity contribution is 0.355. The van der Waals surface area contributed by atoms with Gasteiger partial charge in [0.15, 0.2) is 5.15 Å². The van der Waals surface area contributed by atoms with Crippen LogP contribution in [-0.4, -0.2) is 9.55 Å². The van der Waals surface area contributed by atoms with Crippen molar-refractivity contribution in [2.24, 2.45) is 11.1 Å². The molecule has 0 saturated carbocycles. The zero-order valence-corrected chi connectivity index (χ0v) is 11.0. The van der Waals surface area contributed by atoms with Gasteiger partial charge in [-0.3, -0.25) is 0 Å². The fourth-order valence-corrected chi connectivity index (χ4v) is 2.59. The first-order valence-electron chi connectivity index (χ1n) is 5.89. The first kappa shape index (κ1) is 11.9. The lowest BCUT2D eigenvalue weighted by atomic mass is 9.92. The number of aromatic nitrogens is 2. The van der Waals surface area contributed by atoms with Crippen LogP contribution in [0.25, 0.3) is 0 Å². The topological polar surface area (TPSA) is 43.8 Å². The van der Waals surface area contributed by atoms with Crippen LogP contribution in [0.5, 0.6) is 0 Å².